The maximum atomic E-state index is 12.5. The lowest BCUT2D eigenvalue weighted by molar-refractivity contribution is -0.145. The molecule has 0 aliphatic heterocycles. The van der Waals surface area contributed by atoms with Crippen LogP contribution in [0, 0.1) is 17.8 Å². The standard InChI is InChI=1S/C30H34O6/c1-6-35-29(31)28-20(2)27(28)19-36-30(21-7-13-24(32-3)14-8-21,22-9-15-25(33-4)16-10-22)23-11-17-26(34-5)18-12-23/h7-18,20,27-28H,6,19H2,1-5H3. The molecule has 3 aromatic rings. The highest BCUT2D eigenvalue weighted by Gasteiger charge is 2.54. The number of benzene rings is 3. The molecule has 6 nitrogen and oxygen atoms in total. The van der Waals surface area contributed by atoms with Gasteiger partial charge in [-0.15, -0.1) is 0 Å². The van der Waals surface area contributed by atoms with Crippen LogP contribution < -0.4 is 14.2 Å². The van der Waals surface area contributed by atoms with Gasteiger partial charge in [-0.05, 0) is 71.8 Å². The van der Waals surface area contributed by atoms with Crippen LogP contribution in [0.2, 0.25) is 0 Å². The first kappa shape index (κ1) is 25.6. The van der Waals surface area contributed by atoms with Gasteiger partial charge in [0.1, 0.15) is 22.8 Å². The van der Waals surface area contributed by atoms with E-state index in [2.05, 4.69) is 6.92 Å². The second kappa shape index (κ2) is 11.0. The summed E-state index contributed by atoms with van der Waals surface area (Å²) in [5.41, 5.74) is 1.89. The fourth-order valence-corrected chi connectivity index (χ4v) is 4.88. The summed E-state index contributed by atoms with van der Waals surface area (Å²) in [5, 5.41) is 0. The molecule has 3 aromatic carbocycles. The van der Waals surface area contributed by atoms with Gasteiger partial charge in [0.05, 0.1) is 40.5 Å². The van der Waals surface area contributed by atoms with Gasteiger partial charge in [-0.25, -0.2) is 0 Å². The average molecular weight is 491 g/mol. The zero-order valence-electron chi connectivity index (χ0n) is 21.5. The largest absolute Gasteiger partial charge is 0.497 e. The molecule has 6 heteroatoms. The molecular weight excluding hydrogens is 456 g/mol. The third-order valence-electron chi connectivity index (χ3n) is 7.10. The molecule has 0 aromatic heterocycles. The Bertz CT molecular complexity index is 1020. The number of ether oxygens (including phenoxy) is 5. The third-order valence-corrected chi connectivity index (χ3v) is 7.10. The van der Waals surface area contributed by atoms with Crippen LogP contribution in [0.25, 0.3) is 0 Å². The molecule has 1 aliphatic rings. The molecule has 3 atom stereocenters. The van der Waals surface area contributed by atoms with Crippen molar-refractivity contribution in [2.24, 2.45) is 17.8 Å². The van der Waals surface area contributed by atoms with Crippen molar-refractivity contribution in [3.05, 3.63) is 89.5 Å². The zero-order valence-corrected chi connectivity index (χ0v) is 21.5. The van der Waals surface area contributed by atoms with Crippen LogP contribution in [0.4, 0.5) is 0 Å². The van der Waals surface area contributed by atoms with E-state index in [0.29, 0.717) is 13.2 Å². The van der Waals surface area contributed by atoms with Crippen molar-refractivity contribution in [1.29, 1.82) is 0 Å². The SMILES string of the molecule is CCOC(=O)C1C(C)C1COC(c1ccc(OC)cc1)(c1ccc(OC)cc1)c1ccc(OC)cc1. The minimum absolute atomic E-state index is 0.0816. The summed E-state index contributed by atoms with van der Waals surface area (Å²) in [7, 11) is 4.95. The minimum Gasteiger partial charge on any atom is -0.497 e. The van der Waals surface area contributed by atoms with Crippen LogP contribution in [-0.2, 0) is 19.9 Å². The molecule has 0 radical (unpaired) electrons. The van der Waals surface area contributed by atoms with E-state index >= 15 is 0 Å². The first-order valence-electron chi connectivity index (χ1n) is 12.2. The number of hydrogen-bond donors (Lipinski definition) is 0. The van der Waals surface area contributed by atoms with E-state index in [-0.39, 0.29) is 23.7 Å². The molecule has 1 saturated carbocycles. The summed E-state index contributed by atoms with van der Waals surface area (Å²) in [5.74, 6) is 2.26. The molecule has 190 valence electrons. The first-order valence-corrected chi connectivity index (χ1v) is 12.2. The van der Waals surface area contributed by atoms with Crippen LogP contribution in [0.5, 0.6) is 17.2 Å². The third kappa shape index (κ3) is 4.91. The average Bonchev–Trinajstić information content (AvgIpc) is 3.59. The van der Waals surface area contributed by atoms with E-state index in [1.54, 1.807) is 21.3 Å². The van der Waals surface area contributed by atoms with E-state index in [1.807, 2.05) is 79.7 Å². The number of methoxy groups -OCH3 is 3. The van der Waals surface area contributed by atoms with Crippen LogP contribution in [0.1, 0.15) is 30.5 Å². The van der Waals surface area contributed by atoms with E-state index in [1.165, 1.54) is 0 Å². The molecule has 0 spiro atoms. The molecule has 0 saturated heterocycles. The van der Waals surface area contributed by atoms with Crippen LogP contribution in [0.15, 0.2) is 72.8 Å². The van der Waals surface area contributed by atoms with Gasteiger partial charge < -0.3 is 23.7 Å². The van der Waals surface area contributed by atoms with Crippen LogP contribution in [0.3, 0.4) is 0 Å². The Morgan fingerprint density at radius 2 is 1.11 bits per heavy atom. The maximum absolute atomic E-state index is 12.5. The van der Waals surface area contributed by atoms with Crippen LogP contribution in [-0.4, -0.2) is 40.5 Å². The van der Waals surface area contributed by atoms with Crippen molar-refractivity contribution < 1.29 is 28.5 Å². The summed E-state index contributed by atoms with van der Waals surface area (Å²) < 4.78 is 28.5. The summed E-state index contributed by atoms with van der Waals surface area (Å²) in [6.45, 7) is 4.68. The quantitative estimate of drug-likeness (QED) is 0.263. The minimum atomic E-state index is -0.938. The Kier molecular flexibility index (Phi) is 7.85. The lowest BCUT2D eigenvalue weighted by Crippen LogP contribution is -2.34. The molecule has 1 fully saturated rings. The van der Waals surface area contributed by atoms with Crippen molar-refractivity contribution in [2.45, 2.75) is 19.4 Å². The number of esters is 1. The van der Waals surface area contributed by atoms with E-state index in [0.717, 1.165) is 33.9 Å². The van der Waals surface area contributed by atoms with Crippen molar-refractivity contribution in [1.82, 2.24) is 0 Å². The Morgan fingerprint density at radius 3 is 1.44 bits per heavy atom. The maximum Gasteiger partial charge on any atom is 0.309 e. The van der Waals surface area contributed by atoms with Crippen molar-refractivity contribution in [3.63, 3.8) is 0 Å². The molecule has 0 heterocycles. The van der Waals surface area contributed by atoms with Gasteiger partial charge in [0, 0.05) is 0 Å². The molecule has 0 N–H and O–H groups in total. The lowest BCUT2D eigenvalue weighted by Gasteiger charge is -2.36. The van der Waals surface area contributed by atoms with Crippen molar-refractivity contribution in [3.8, 4) is 17.2 Å². The highest BCUT2D eigenvalue weighted by Crippen LogP contribution is 2.50. The van der Waals surface area contributed by atoms with Crippen molar-refractivity contribution in [2.75, 3.05) is 34.5 Å². The molecule has 1 aliphatic carbocycles. The summed E-state index contributed by atoms with van der Waals surface area (Å²) >= 11 is 0. The Balaban J connectivity index is 1.81. The summed E-state index contributed by atoms with van der Waals surface area (Å²) in [4.78, 5) is 12.5. The predicted octanol–water partition coefficient (Wildman–Crippen LogP) is 5.47. The number of hydrogen-bond acceptors (Lipinski definition) is 6. The Morgan fingerprint density at radius 1 is 0.722 bits per heavy atom. The molecule has 3 unspecified atom stereocenters. The number of carbonyl (C=O) groups is 1. The predicted molar refractivity (Wildman–Crippen MR) is 138 cm³/mol. The highest BCUT2D eigenvalue weighted by atomic mass is 16.5. The monoisotopic (exact) mass is 490 g/mol. The number of rotatable bonds is 11. The van der Waals surface area contributed by atoms with Gasteiger partial charge in [0.2, 0.25) is 0 Å². The summed E-state index contributed by atoms with van der Waals surface area (Å²) in [6.07, 6.45) is 0. The van der Waals surface area contributed by atoms with E-state index in [4.69, 9.17) is 23.7 Å². The fourth-order valence-electron chi connectivity index (χ4n) is 4.88. The molecule has 0 bridgehead atoms. The second-order valence-corrected chi connectivity index (χ2v) is 8.98. The molecule has 4 rings (SSSR count). The smallest absolute Gasteiger partial charge is 0.309 e. The number of carbonyl (C=O) groups excluding carboxylic acids is 1. The Hall–Kier alpha value is -3.51. The fraction of sp³-hybridized carbons (Fsp3) is 0.367. The van der Waals surface area contributed by atoms with Gasteiger partial charge in [0.15, 0.2) is 0 Å². The highest BCUT2D eigenvalue weighted by molar-refractivity contribution is 5.76. The van der Waals surface area contributed by atoms with Gasteiger partial charge in [-0.2, -0.15) is 0 Å². The molecule has 36 heavy (non-hydrogen) atoms. The Labute approximate surface area is 213 Å². The normalized spacial score (nSPS) is 18.9. The van der Waals surface area contributed by atoms with Crippen LogP contribution >= 0.6 is 0 Å². The zero-order chi connectivity index (χ0) is 25.7. The van der Waals surface area contributed by atoms with Crippen molar-refractivity contribution >= 4 is 5.97 Å². The molecular formula is C30H34O6. The van der Waals surface area contributed by atoms with E-state index < -0.39 is 5.60 Å². The van der Waals surface area contributed by atoms with Gasteiger partial charge in [-0.3, -0.25) is 4.79 Å². The van der Waals surface area contributed by atoms with Gasteiger partial charge >= 0.3 is 5.97 Å². The summed E-state index contributed by atoms with van der Waals surface area (Å²) in [6, 6.07) is 23.7. The second-order valence-electron chi connectivity index (χ2n) is 8.98. The van der Waals surface area contributed by atoms with E-state index in [9.17, 15) is 4.79 Å². The van der Waals surface area contributed by atoms with Gasteiger partial charge in [-0.1, -0.05) is 43.3 Å². The lowest BCUT2D eigenvalue weighted by atomic mass is 9.80. The van der Waals surface area contributed by atoms with Gasteiger partial charge in [0.25, 0.3) is 0 Å². The topological polar surface area (TPSA) is 63.2 Å². The first-order chi connectivity index (χ1) is 17.5. The molecule has 0 amide bonds.